The number of halogens is 1. The zero-order valence-electron chi connectivity index (χ0n) is 17.7. The summed E-state index contributed by atoms with van der Waals surface area (Å²) < 4.78 is 24.9. The first-order valence-electron chi connectivity index (χ1n) is 10.0. The molecule has 1 aliphatic rings. The Morgan fingerprint density at radius 2 is 1.82 bits per heavy atom. The Labute approximate surface area is 187 Å². The lowest BCUT2D eigenvalue weighted by molar-refractivity contribution is 0.0339. The van der Waals surface area contributed by atoms with Crippen LogP contribution < -0.4 is 0 Å². The van der Waals surface area contributed by atoms with Gasteiger partial charge in [-0.1, -0.05) is 17.7 Å². The van der Waals surface area contributed by atoms with Crippen molar-refractivity contribution < 1.29 is 38.1 Å². The molecule has 168 valence electrons. The van der Waals surface area contributed by atoms with Gasteiger partial charge in [-0.2, -0.15) is 0 Å². The highest BCUT2D eigenvalue weighted by Crippen LogP contribution is 2.36. The van der Waals surface area contributed by atoms with Gasteiger partial charge in [0.1, 0.15) is 29.0 Å². The molecule has 0 bridgehead atoms. The molecule has 1 atom stereocenters. The summed E-state index contributed by atoms with van der Waals surface area (Å²) in [4.78, 5) is 38.6. The minimum atomic E-state index is -1.20. The van der Waals surface area contributed by atoms with Crippen molar-refractivity contribution in [3.63, 3.8) is 0 Å². The molecular formula is C25H19FO7. The number of rotatable bonds is 5. The number of carbonyl (C=O) groups excluding carboxylic acids is 3. The number of allylic oxidation sites excluding steroid dienone is 2. The number of furan rings is 1. The van der Waals surface area contributed by atoms with Crippen molar-refractivity contribution >= 4 is 28.5 Å². The SMILES string of the molecule is CC(C)=CC[C@@H](OC(=O)c1cc2c(F)cccc2o1)C1=CC(=O)c2c(O)ccc(O)c2C1=O. The third kappa shape index (κ3) is 4.03. The average Bonchev–Trinajstić information content (AvgIpc) is 3.21. The van der Waals surface area contributed by atoms with Gasteiger partial charge in [-0.3, -0.25) is 9.59 Å². The Kier molecular flexibility index (Phi) is 5.59. The van der Waals surface area contributed by atoms with Gasteiger partial charge in [0.15, 0.2) is 11.6 Å². The van der Waals surface area contributed by atoms with Crippen LogP contribution in [0.1, 0.15) is 51.5 Å². The summed E-state index contributed by atoms with van der Waals surface area (Å²) in [5.74, 6) is -4.19. The lowest BCUT2D eigenvalue weighted by Gasteiger charge is -2.23. The van der Waals surface area contributed by atoms with Gasteiger partial charge in [0.2, 0.25) is 5.76 Å². The summed E-state index contributed by atoms with van der Waals surface area (Å²) >= 11 is 0. The van der Waals surface area contributed by atoms with Crippen molar-refractivity contribution in [3.8, 4) is 11.5 Å². The van der Waals surface area contributed by atoms with Crippen LogP contribution in [0.2, 0.25) is 0 Å². The second-order valence-electron chi connectivity index (χ2n) is 7.82. The Bertz CT molecular complexity index is 1370. The van der Waals surface area contributed by atoms with Crippen molar-refractivity contribution in [3.05, 3.63) is 82.4 Å². The Morgan fingerprint density at radius 1 is 1.12 bits per heavy atom. The monoisotopic (exact) mass is 450 g/mol. The number of hydrogen-bond acceptors (Lipinski definition) is 7. The Morgan fingerprint density at radius 3 is 2.48 bits per heavy atom. The molecule has 1 aromatic heterocycles. The number of carbonyl (C=O) groups is 3. The van der Waals surface area contributed by atoms with Gasteiger partial charge in [-0.25, -0.2) is 9.18 Å². The topological polar surface area (TPSA) is 114 Å². The van der Waals surface area contributed by atoms with Crippen molar-refractivity contribution in [2.24, 2.45) is 0 Å². The summed E-state index contributed by atoms with van der Waals surface area (Å²) in [6.45, 7) is 3.62. The molecule has 0 unspecified atom stereocenters. The Balaban J connectivity index is 1.72. The van der Waals surface area contributed by atoms with Crippen LogP contribution in [0.5, 0.6) is 11.5 Å². The minimum Gasteiger partial charge on any atom is -0.507 e. The summed E-state index contributed by atoms with van der Waals surface area (Å²) in [5.41, 5.74) is 0.185. The second-order valence-corrected chi connectivity index (χ2v) is 7.82. The largest absolute Gasteiger partial charge is 0.507 e. The highest BCUT2D eigenvalue weighted by atomic mass is 19.1. The van der Waals surface area contributed by atoms with Crippen LogP contribution in [0.4, 0.5) is 4.39 Å². The molecule has 0 saturated heterocycles. The third-order valence-electron chi connectivity index (χ3n) is 5.23. The predicted molar refractivity (Wildman–Crippen MR) is 116 cm³/mol. The number of ether oxygens (including phenoxy) is 1. The van der Waals surface area contributed by atoms with E-state index >= 15 is 0 Å². The molecular weight excluding hydrogens is 431 g/mol. The van der Waals surface area contributed by atoms with E-state index in [1.54, 1.807) is 6.08 Å². The zero-order valence-corrected chi connectivity index (χ0v) is 17.7. The maximum atomic E-state index is 14.0. The number of hydrogen-bond donors (Lipinski definition) is 2. The number of benzene rings is 2. The maximum absolute atomic E-state index is 14.0. The van der Waals surface area contributed by atoms with Gasteiger partial charge in [-0.05, 0) is 44.2 Å². The van der Waals surface area contributed by atoms with Crippen LogP contribution in [0.25, 0.3) is 11.0 Å². The van der Waals surface area contributed by atoms with Gasteiger partial charge >= 0.3 is 5.97 Å². The summed E-state index contributed by atoms with van der Waals surface area (Å²) in [6.07, 6.45) is 1.56. The van der Waals surface area contributed by atoms with E-state index in [9.17, 15) is 29.0 Å². The fourth-order valence-electron chi connectivity index (χ4n) is 3.62. The molecule has 1 aliphatic carbocycles. The van der Waals surface area contributed by atoms with Gasteiger partial charge in [0.25, 0.3) is 0 Å². The number of Topliss-reactive ketones (excluding diaryl/α,β-unsaturated/α-hetero) is 1. The number of esters is 1. The average molecular weight is 450 g/mol. The highest BCUT2D eigenvalue weighted by Gasteiger charge is 2.36. The second kappa shape index (κ2) is 8.38. The van der Waals surface area contributed by atoms with Crippen molar-refractivity contribution in [2.45, 2.75) is 26.4 Å². The van der Waals surface area contributed by atoms with Crippen LogP contribution in [0.15, 0.2) is 64.1 Å². The predicted octanol–water partition coefficient (Wildman–Crippen LogP) is 4.87. The fourth-order valence-corrected chi connectivity index (χ4v) is 3.62. The van der Waals surface area contributed by atoms with E-state index in [-0.39, 0.29) is 39.9 Å². The molecule has 0 amide bonds. The van der Waals surface area contributed by atoms with Gasteiger partial charge in [0.05, 0.1) is 16.5 Å². The highest BCUT2D eigenvalue weighted by molar-refractivity contribution is 6.27. The van der Waals surface area contributed by atoms with E-state index in [0.29, 0.717) is 0 Å². The van der Waals surface area contributed by atoms with Gasteiger partial charge < -0.3 is 19.4 Å². The smallest absolute Gasteiger partial charge is 0.374 e. The lowest BCUT2D eigenvalue weighted by atomic mass is 9.85. The quantitative estimate of drug-likeness (QED) is 0.324. The van der Waals surface area contributed by atoms with Gasteiger partial charge in [-0.15, -0.1) is 0 Å². The van der Waals surface area contributed by atoms with Crippen LogP contribution in [0, 0.1) is 5.82 Å². The van der Waals surface area contributed by atoms with Crippen LogP contribution in [0.3, 0.4) is 0 Å². The van der Waals surface area contributed by atoms with Gasteiger partial charge in [0, 0.05) is 18.1 Å². The first kappa shape index (κ1) is 22.0. The number of aromatic hydroxyl groups is 2. The molecule has 1 heterocycles. The van der Waals surface area contributed by atoms with Crippen molar-refractivity contribution in [1.29, 1.82) is 0 Å². The Hall–Kier alpha value is -4.20. The molecule has 2 aromatic carbocycles. The number of ketones is 2. The van der Waals surface area contributed by atoms with Crippen molar-refractivity contribution in [1.82, 2.24) is 0 Å². The van der Waals surface area contributed by atoms with E-state index < -0.39 is 41.0 Å². The summed E-state index contributed by atoms with van der Waals surface area (Å²) in [7, 11) is 0. The molecule has 0 radical (unpaired) electrons. The number of fused-ring (bicyclic) bond motifs is 2. The van der Waals surface area contributed by atoms with Crippen LogP contribution in [-0.4, -0.2) is 33.9 Å². The first-order valence-corrected chi connectivity index (χ1v) is 10.0. The fraction of sp³-hybridized carbons (Fsp3) is 0.160. The first-order chi connectivity index (χ1) is 15.7. The molecule has 0 saturated carbocycles. The lowest BCUT2D eigenvalue weighted by Crippen LogP contribution is -2.29. The molecule has 7 nitrogen and oxygen atoms in total. The molecule has 33 heavy (non-hydrogen) atoms. The zero-order chi connectivity index (χ0) is 23.9. The number of phenolic OH excluding ortho intramolecular Hbond substituents is 2. The standard InChI is InChI=1S/C25H19FO7/c1-12(2)6-9-20(33-25(31)21-11-13-15(26)4-3-5-19(13)32-21)14-10-18(29)22-16(27)7-8-17(28)23(22)24(14)30/h3-8,10-11,20,27-28H,9H2,1-2H3/t20-/m1/s1. The normalized spacial score (nSPS) is 14.0. The van der Waals surface area contributed by atoms with Crippen molar-refractivity contribution in [2.75, 3.05) is 0 Å². The van der Waals surface area contributed by atoms with E-state index in [1.807, 2.05) is 13.8 Å². The van der Waals surface area contributed by atoms with E-state index in [1.165, 1.54) is 24.3 Å². The molecule has 2 N–H and O–H groups in total. The third-order valence-corrected chi connectivity index (χ3v) is 5.23. The van der Waals surface area contributed by atoms with Crippen LogP contribution in [-0.2, 0) is 4.74 Å². The van der Waals surface area contributed by atoms with E-state index in [0.717, 1.165) is 23.8 Å². The molecule has 8 heteroatoms. The number of phenols is 2. The molecule has 3 aromatic rings. The molecule has 0 fully saturated rings. The molecule has 0 aliphatic heterocycles. The molecule has 4 rings (SSSR count). The van der Waals surface area contributed by atoms with E-state index in [2.05, 4.69) is 0 Å². The minimum absolute atomic E-state index is 0.0580. The summed E-state index contributed by atoms with van der Waals surface area (Å²) in [5, 5.41) is 20.3. The van der Waals surface area contributed by atoms with Crippen LogP contribution >= 0.6 is 0 Å². The molecule has 0 spiro atoms. The van der Waals surface area contributed by atoms with E-state index in [4.69, 9.17) is 9.15 Å². The maximum Gasteiger partial charge on any atom is 0.374 e. The summed E-state index contributed by atoms with van der Waals surface area (Å²) in [6, 6.07) is 7.56.